The van der Waals surface area contributed by atoms with Crippen molar-refractivity contribution in [1.29, 1.82) is 0 Å². The van der Waals surface area contributed by atoms with E-state index in [2.05, 4.69) is 10.3 Å². The first-order valence-electron chi connectivity index (χ1n) is 6.16. The van der Waals surface area contributed by atoms with E-state index in [-0.39, 0.29) is 5.78 Å². The number of nitrogens with zero attached hydrogens (tertiary/aromatic N) is 1. The SMILES string of the molecule is C/C(=C\C(=O)c1ccccc1)NCc1cccnc1. The van der Waals surface area contributed by atoms with E-state index in [1.807, 2.05) is 49.4 Å². The van der Waals surface area contributed by atoms with Gasteiger partial charge >= 0.3 is 0 Å². The van der Waals surface area contributed by atoms with Gasteiger partial charge in [0.2, 0.25) is 0 Å². The molecule has 1 aromatic carbocycles. The Morgan fingerprint density at radius 1 is 1.21 bits per heavy atom. The summed E-state index contributed by atoms with van der Waals surface area (Å²) in [7, 11) is 0. The molecule has 0 saturated carbocycles. The number of rotatable bonds is 5. The first-order valence-corrected chi connectivity index (χ1v) is 6.16. The summed E-state index contributed by atoms with van der Waals surface area (Å²) in [5.74, 6) is 0.0109. The monoisotopic (exact) mass is 252 g/mol. The van der Waals surface area contributed by atoms with Gasteiger partial charge in [-0.2, -0.15) is 0 Å². The number of ketones is 1. The van der Waals surface area contributed by atoms with E-state index in [1.54, 1.807) is 18.5 Å². The number of hydrogen-bond acceptors (Lipinski definition) is 3. The minimum absolute atomic E-state index is 0.0109. The second-order valence-electron chi connectivity index (χ2n) is 4.27. The molecule has 0 atom stereocenters. The molecular weight excluding hydrogens is 236 g/mol. The van der Waals surface area contributed by atoms with Gasteiger partial charge in [0.1, 0.15) is 0 Å². The van der Waals surface area contributed by atoms with E-state index >= 15 is 0 Å². The minimum atomic E-state index is 0.0109. The highest BCUT2D eigenvalue weighted by atomic mass is 16.1. The lowest BCUT2D eigenvalue weighted by Crippen LogP contribution is -2.12. The van der Waals surface area contributed by atoms with E-state index in [0.29, 0.717) is 12.1 Å². The molecule has 19 heavy (non-hydrogen) atoms. The van der Waals surface area contributed by atoms with Crippen LogP contribution < -0.4 is 5.32 Å². The van der Waals surface area contributed by atoms with Crippen LogP contribution in [0, 0.1) is 0 Å². The van der Waals surface area contributed by atoms with E-state index in [9.17, 15) is 4.79 Å². The number of nitrogens with one attached hydrogen (secondary N) is 1. The summed E-state index contributed by atoms with van der Waals surface area (Å²) in [5.41, 5.74) is 2.63. The van der Waals surface area contributed by atoms with Gasteiger partial charge in [-0.05, 0) is 18.6 Å². The van der Waals surface area contributed by atoms with Crippen LogP contribution >= 0.6 is 0 Å². The van der Waals surface area contributed by atoms with Gasteiger partial charge in [-0.1, -0.05) is 36.4 Å². The van der Waals surface area contributed by atoms with Crippen molar-refractivity contribution in [3.63, 3.8) is 0 Å². The lowest BCUT2D eigenvalue weighted by Gasteiger charge is -2.06. The van der Waals surface area contributed by atoms with Crippen molar-refractivity contribution in [1.82, 2.24) is 10.3 Å². The standard InChI is InChI=1S/C16H16N2O/c1-13(18-12-14-6-5-9-17-11-14)10-16(19)15-7-3-2-4-8-15/h2-11,18H,12H2,1H3/b13-10+. The molecule has 0 saturated heterocycles. The topological polar surface area (TPSA) is 42.0 Å². The summed E-state index contributed by atoms with van der Waals surface area (Å²) in [4.78, 5) is 16.0. The molecule has 0 amide bonds. The fraction of sp³-hybridized carbons (Fsp3) is 0.125. The third kappa shape index (κ3) is 4.07. The molecule has 0 bridgehead atoms. The van der Waals surface area contributed by atoms with Crippen molar-refractivity contribution in [2.45, 2.75) is 13.5 Å². The molecule has 1 aromatic heterocycles. The summed E-state index contributed by atoms with van der Waals surface area (Å²) >= 11 is 0. The second kappa shape index (κ2) is 6.50. The van der Waals surface area contributed by atoms with Crippen molar-refractivity contribution >= 4 is 5.78 Å². The van der Waals surface area contributed by atoms with Crippen LogP contribution in [0.3, 0.4) is 0 Å². The van der Waals surface area contributed by atoms with Crippen LogP contribution in [0.2, 0.25) is 0 Å². The molecule has 2 aromatic rings. The smallest absolute Gasteiger partial charge is 0.187 e. The third-order valence-electron chi connectivity index (χ3n) is 2.70. The van der Waals surface area contributed by atoms with E-state index in [4.69, 9.17) is 0 Å². The maximum absolute atomic E-state index is 11.9. The number of allylic oxidation sites excluding steroid dienone is 2. The zero-order chi connectivity index (χ0) is 13.5. The average Bonchev–Trinajstić information content (AvgIpc) is 2.47. The van der Waals surface area contributed by atoms with Crippen LogP contribution in [-0.4, -0.2) is 10.8 Å². The minimum Gasteiger partial charge on any atom is -0.384 e. The van der Waals surface area contributed by atoms with Crippen LogP contribution in [-0.2, 0) is 6.54 Å². The molecule has 0 aliphatic rings. The van der Waals surface area contributed by atoms with Crippen molar-refractivity contribution < 1.29 is 4.79 Å². The lowest BCUT2D eigenvalue weighted by molar-refractivity contribution is 0.104. The Labute approximate surface area is 113 Å². The van der Waals surface area contributed by atoms with Crippen LogP contribution in [0.15, 0.2) is 66.6 Å². The number of carbonyl (C=O) groups excluding carboxylic acids is 1. The van der Waals surface area contributed by atoms with Crippen LogP contribution in [0.4, 0.5) is 0 Å². The molecule has 3 nitrogen and oxygen atoms in total. The Hall–Kier alpha value is -2.42. The van der Waals surface area contributed by atoms with Crippen LogP contribution in [0.5, 0.6) is 0 Å². The zero-order valence-electron chi connectivity index (χ0n) is 10.8. The highest BCUT2D eigenvalue weighted by Crippen LogP contribution is 2.03. The van der Waals surface area contributed by atoms with Gasteiger partial charge in [-0.15, -0.1) is 0 Å². The van der Waals surface area contributed by atoms with Crippen molar-refractivity contribution in [2.75, 3.05) is 0 Å². The Morgan fingerprint density at radius 3 is 2.68 bits per heavy atom. The van der Waals surface area contributed by atoms with E-state index < -0.39 is 0 Å². The third-order valence-corrected chi connectivity index (χ3v) is 2.70. The molecule has 0 aliphatic carbocycles. The van der Waals surface area contributed by atoms with Crippen LogP contribution in [0.25, 0.3) is 0 Å². The summed E-state index contributed by atoms with van der Waals surface area (Å²) in [6, 6.07) is 13.1. The fourth-order valence-corrected chi connectivity index (χ4v) is 1.68. The molecule has 3 heteroatoms. The fourth-order valence-electron chi connectivity index (χ4n) is 1.68. The van der Waals surface area contributed by atoms with Gasteiger partial charge in [-0.25, -0.2) is 0 Å². The Kier molecular flexibility index (Phi) is 4.45. The largest absolute Gasteiger partial charge is 0.384 e. The molecule has 0 unspecified atom stereocenters. The highest BCUT2D eigenvalue weighted by Gasteiger charge is 2.01. The van der Waals surface area contributed by atoms with Crippen molar-refractivity contribution in [3.05, 3.63) is 77.8 Å². The number of hydrogen-bond donors (Lipinski definition) is 1. The number of aromatic nitrogens is 1. The van der Waals surface area contributed by atoms with E-state index in [0.717, 1.165) is 11.3 Å². The molecule has 96 valence electrons. The first kappa shape index (κ1) is 13.0. The summed E-state index contributed by atoms with van der Waals surface area (Å²) in [6.45, 7) is 2.55. The zero-order valence-corrected chi connectivity index (χ0v) is 10.8. The molecular formula is C16H16N2O. The maximum atomic E-state index is 11.9. The predicted molar refractivity (Wildman–Crippen MR) is 75.6 cm³/mol. The van der Waals surface area contributed by atoms with Gasteiger partial charge in [0.05, 0.1) is 0 Å². The average molecular weight is 252 g/mol. The molecule has 0 fully saturated rings. The van der Waals surface area contributed by atoms with Crippen molar-refractivity contribution in [2.24, 2.45) is 0 Å². The number of benzene rings is 1. The number of pyridine rings is 1. The molecule has 1 N–H and O–H groups in total. The number of carbonyl (C=O) groups is 1. The normalized spacial score (nSPS) is 11.1. The lowest BCUT2D eigenvalue weighted by atomic mass is 10.1. The van der Waals surface area contributed by atoms with E-state index in [1.165, 1.54) is 0 Å². The van der Waals surface area contributed by atoms with Crippen LogP contribution in [0.1, 0.15) is 22.8 Å². The highest BCUT2D eigenvalue weighted by molar-refractivity contribution is 6.04. The second-order valence-corrected chi connectivity index (χ2v) is 4.27. The Balaban J connectivity index is 1.94. The summed E-state index contributed by atoms with van der Waals surface area (Å²) in [5, 5.41) is 3.20. The molecule has 2 rings (SSSR count). The van der Waals surface area contributed by atoms with Crippen molar-refractivity contribution in [3.8, 4) is 0 Å². The first-order chi connectivity index (χ1) is 9.25. The molecule has 0 radical (unpaired) electrons. The van der Waals surface area contributed by atoms with Gasteiger partial charge in [-0.3, -0.25) is 9.78 Å². The molecule has 0 aliphatic heterocycles. The summed E-state index contributed by atoms with van der Waals surface area (Å²) < 4.78 is 0. The molecule has 1 heterocycles. The Bertz CT molecular complexity index is 562. The Morgan fingerprint density at radius 2 is 2.00 bits per heavy atom. The van der Waals surface area contributed by atoms with Gasteiger partial charge in [0.25, 0.3) is 0 Å². The molecule has 0 spiro atoms. The predicted octanol–water partition coefficient (Wildman–Crippen LogP) is 2.96. The van der Waals surface area contributed by atoms with Gasteiger partial charge < -0.3 is 5.32 Å². The maximum Gasteiger partial charge on any atom is 0.187 e. The summed E-state index contributed by atoms with van der Waals surface area (Å²) in [6.07, 6.45) is 5.16. The van der Waals surface area contributed by atoms with Gasteiger partial charge in [0, 0.05) is 36.3 Å². The quantitative estimate of drug-likeness (QED) is 0.657. The van der Waals surface area contributed by atoms with Gasteiger partial charge in [0.15, 0.2) is 5.78 Å².